The third-order valence-electron chi connectivity index (χ3n) is 5.19. The molecule has 0 spiro atoms. The fraction of sp³-hybridized carbons (Fsp3) is 0.333. The van der Waals surface area contributed by atoms with Crippen molar-refractivity contribution in [3.8, 4) is 11.5 Å². The number of hydrogen-bond donors (Lipinski definition) is 1. The number of rotatable bonds is 3. The van der Waals surface area contributed by atoms with E-state index in [1.807, 2.05) is 12.1 Å². The molecule has 0 radical (unpaired) electrons. The molecule has 4 rings (SSSR count). The first kappa shape index (κ1) is 16.8. The van der Waals surface area contributed by atoms with Gasteiger partial charge in [0.2, 0.25) is 5.78 Å². The Labute approximate surface area is 152 Å². The summed E-state index contributed by atoms with van der Waals surface area (Å²) < 4.78 is 5.94. The monoisotopic (exact) mass is 350 g/mol. The van der Waals surface area contributed by atoms with Crippen LogP contribution < -0.4 is 14.7 Å². The lowest BCUT2D eigenvalue weighted by atomic mass is 9.98. The number of ketones is 1. The average Bonchev–Trinajstić information content (AvgIpc) is 2.97. The molecule has 134 valence electrons. The van der Waals surface area contributed by atoms with Crippen LogP contribution in [0.2, 0.25) is 0 Å². The second-order valence-electron chi connectivity index (χ2n) is 7.08. The summed E-state index contributed by atoms with van der Waals surface area (Å²) in [5.41, 5.74) is 2.70. The van der Waals surface area contributed by atoms with Gasteiger partial charge in [-0.15, -0.1) is 0 Å². The quantitative estimate of drug-likeness (QED) is 0.855. The lowest BCUT2D eigenvalue weighted by Crippen LogP contribution is -3.11. The number of benzene rings is 1. The number of pyridine rings is 1. The van der Waals surface area contributed by atoms with Crippen molar-refractivity contribution in [2.24, 2.45) is 0 Å². The van der Waals surface area contributed by atoms with Gasteiger partial charge in [-0.3, -0.25) is 9.78 Å². The summed E-state index contributed by atoms with van der Waals surface area (Å²) in [6, 6.07) is 5.21. The summed E-state index contributed by atoms with van der Waals surface area (Å²) in [5.74, 6) is 0.565. The van der Waals surface area contributed by atoms with Crippen LogP contribution in [0.25, 0.3) is 6.08 Å². The minimum atomic E-state index is -0.149. The second-order valence-corrected chi connectivity index (χ2v) is 7.08. The van der Waals surface area contributed by atoms with Gasteiger partial charge in [-0.25, -0.2) is 0 Å². The van der Waals surface area contributed by atoms with Gasteiger partial charge in [-0.05, 0) is 55.5 Å². The van der Waals surface area contributed by atoms with Crippen LogP contribution in [0.3, 0.4) is 0 Å². The van der Waals surface area contributed by atoms with Crippen molar-refractivity contribution in [2.75, 3.05) is 13.1 Å². The Morgan fingerprint density at radius 3 is 2.69 bits per heavy atom. The number of hydrogen-bond acceptors (Lipinski definition) is 4. The minimum Gasteiger partial charge on any atom is -0.872 e. The molecule has 0 amide bonds. The molecule has 0 aliphatic carbocycles. The van der Waals surface area contributed by atoms with Crippen molar-refractivity contribution in [2.45, 2.75) is 32.7 Å². The number of allylic oxidation sites excluding steroid dienone is 1. The molecule has 2 aromatic rings. The van der Waals surface area contributed by atoms with Crippen LogP contribution in [0.5, 0.6) is 11.5 Å². The zero-order chi connectivity index (χ0) is 18.1. The molecule has 1 N–H and O–H groups in total. The van der Waals surface area contributed by atoms with Gasteiger partial charge in [0.15, 0.2) is 5.76 Å². The number of fused-ring (bicyclic) bond motifs is 1. The van der Waals surface area contributed by atoms with Gasteiger partial charge in [0.25, 0.3) is 0 Å². The highest BCUT2D eigenvalue weighted by Gasteiger charge is 2.33. The van der Waals surface area contributed by atoms with Crippen molar-refractivity contribution in [3.05, 3.63) is 58.6 Å². The number of aromatic nitrogens is 1. The topological polar surface area (TPSA) is 66.7 Å². The van der Waals surface area contributed by atoms with Crippen molar-refractivity contribution < 1.29 is 19.5 Å². The third kappa shape index (κ3) is 3.10. The molecule has 0 unspecified atom stereocenters. The summed E-state index contributed by atoms with van der Waals surface area (Å²) in [6.07, 6.45) is 8.68. The van der Waals surface area contributed by atoms with E-state index in [9.17, 15) is 9.90 Å². The van der Waals surface area contributed by atoms with Crippen molar-refractivity contribution in [1.29, 1.82) is 0 Å². The van der Waals surface area contributed by atoms with Crippen LogP contribution in [0.4, 0.5) is 0 Å². The molecule has 3 heterocycles. The van der Waals surface area contributed by atoms with Gasteiger partial charge in [-0.2, -0.15) is 0 Å². The third-order valence-corrected chi connectivity index (χ3v) is 5.19. The number of ether oxygens (including phenoxy) is 1. The van der Waals surface area contributed by atoms with Crippen LogP contribution in [0, 0.1) is 6.92 Å². The average molecular weight is 350 g/mol. The van der Waals surface area contributed by atoms with Crippen LogP contribution in [-0.2, 0) is 6.54 Å². The van der Waals surface area contributed by atoms with E-state index < -0.39 is 0 Å². The summed E-state index contributed by atoms with van der Waals surface area (Å²) in [7, 11) is 0. The maximum Gasteiger partial charge on any atom is 0.232 e. The Bertz CT molecular complexity index is 869. The van der Waals surface area contributed by atoms with Crippen molar-refractivity contribution in [3.63, 3.8) is 0 Å². The van der Waals surface area contributed by atoms with Gasteiger partial charge >= 0.3 is 0 Å². The molecule has 1 saturated heterocycles. The van der Waals surface area contributed by atoms with Crippen LogP contribution in [0.15, 0.2) is 36.4 Å². The molecular weight excluding hydrogens is 328 g/mol. The molecule has 5 heteroatoms. The van der Waals surface area contributed by atoms with E-state index >= 15 is 0 Å². The Hall–Kier alpha value is -2.66. The smallest absolute Gasteiger partial charge is 0.232 e. The maximum atomic E-state index is 12.9. The van der Waals surface area contributed by atoms with E-state index in [0.29, 0.717) is 29.0 Å². The molecule has 1 fully saturated rings. The predicted octanol–water partition coefficient (Wildman–Crippen LogP) is 1.65. The Balaban J connectivity index is 1.71. The number of nitrogens with zero attached hydrogens (tertiary/aromatic N) is 1. The van der Waals surface area contributed by atoms with Crippen LogP contribution in [0.1, 0.15) is 46.3 Å². The number of Topliss-reactive ketones (excluding diaryl/α,β-unsaturated/α-hetero) is 1. The first-order chi connectivity index (χ1) is 12.6. The van der Waals surface area contributed by atoms with E-state index in [0.717, 1.165) is 18.7 Å². The van der Waals surface area contributed by atoms with Gasteiger partial charge < -0.3 is 14.7 Å². The highest BCUT2D eigenvalue weighted by atomic mass is 16.5. The molecular formula is C21H22N2O3. The lowest BCUT2D eigenvalue weighted by Gasteiger charge is -2.26. The standard InChI is InChI=1S/C21H22N2O3/c1-14-11-17(24)16(13-23-9-3-2-4-10-23)21-19(14)20(25)18(26-21)12-15-5-7-22-8-6-15/h5-8,11-12,24H,2-4,9-10,13H2,1H3. The number of quaternary nitrogens is 1. The Kier molecular flexibility index (Phi) is 4.47. The molecule has 0 bridgehead atoms. The number of aryl methyl sites for hydroxylation is 1. The van der Waals surface area contributed by atoms with E-state index in [1.54, 1.807) is 31.5 Å². The molecule has 0 saturated carbocycles. The number of piperidine rings is 1. The summed E-state index contributed by atoms with van der Waals surface area (Å²) in [4.78, 5) is 18.2. The maximum absolute atomic E-state index is 12.9. The molecule has 0 atom stereocenters. The molecule has 1 aromatic heterocycles. The zero-order valence-corrected chi connectivity index (χ0v) is 14.9. The van der Waals surface area contributed by atoms with Gasteiger partial charge in [0, 0.05) is 18.0 Å². The number of likely N-dealkylation sites (tertiary alicyclic amines) is 1. The van der Waals surface area contributed by atoms with Gasteiger partial charge in [-0.1, -0.05) is 11.8 Å². The summed E-state index contributed by atoms with van der Waals surface area (Å²) >= 11 is 0. The normalized spacial score (nSPS) is 18.8. The lowest BCUT2D eigenvalue weighted by molar-refractivity contribution is -0.918. The second kappa shape index (κ2) is 6.92. The van der Waals surface area contributed by atoms with Crippen LogP contribution in [-0.4, -0.2) is 23.9 Å². The SMILES string of the molecule is Cc1cc([O-])c(C[NH+]2CCCCC2)c2c1C(=O)C(=Cc1ccncc1)O2. The number of nitrogens with one attached hydrogen (secondary N) is 1. The van der Waals surface area contributed by atoms with E-state index in [2.05, 4.69) is 4.98 Å². The van der Waals surface area contributed by atoms with Gasteiger partial charge in [0.1, 0.15) is 12.3 Å². The Morgan fingerprint density at radius 1 is 1.23 bits per heavy atom. The molecule has 1 aromatic carbocycles. The van der Waals surface area contributed by atoms with Crippen molar-refractivity contribution >= 4 is 11.9 Å². The highest BCUT2D eigenvalue weighted by Crippen LogP contribution is 2.40. The van der Waals surface area contributed by atoms with Crippen molar-refractivity contribution in [1.82, 2.24) is 4.98 Å². The Morgan fingerprint density at radius 2 is 1.96 bits per heavy atom. The molecule has 2 aliphatic rings. The zero-order valence-electron chi connectivity index (χ0n) is 14.9. The fourth-order valence-corrected chi connectivity index (χ4v) is 3.82. The molecule has 26 heavy (non-hydrogen) atoms. The summed E-state index contributed by atoms with van der Waals surface area (Å²) in [6.45, 7) is 4.55. The van der Waals surface area contributed by atoms with E-state index in [4.69, 9.17) is 4.74 Å². The number of carbonyl (C=O) groups excluding carboxylic acids is 1. The minimum absolute atomic E-state index is 0.0303. The number of carbonyl (C=O) groups is 1. The fourth-order valence-electron chi connectivity index (χ4n) is 3.82. The first-order valence-electron chi connectivity index (χ1n) is 9.15. The molecule has 5 nitrogen and oxygen atoms in total. The molecule has 2 aliphatic heterocycles. The first-order valence-corrected chi connectivity index (χ1v) is 9.15. The highest BCUT2D eigenvalue weighted by molar-refractivity contribution is 6.15. The largest absolute Gasteiger partial charge is 0.872 e. The van der Waals surface area contributed by atoms with Gasteiger partial charge in [0.05, 0.1) is 18.7 Å². The van der Waals surface area contributed by atoms with E-state index in [1.165, 1.54) is 24.2 Å². The van der Waals surface area contributed by atoms with E-state index in [-0.39, 0.29) is 17.3 Å². The van der Waals surface area contributed by atoms with Crippen LogP contribution >= 0.6 is 0 Å². The summed E-state index contributed by atoms with van der Waals surface area (Å²) in [5, 5.41) is 12.6. The predicted molar refractivity (Wildman–Crippen MR) is 96.0 cm³/mol.